The van der Waals surface area contributed by atoms with Crippen molar-refractivity contribution in [1.82, 2.24) is 5.32 Å². The summed E-state index contributed by atoms with van der Waals surface area (Å²) in [6, 6.07) is -0.960. The van der Waals surface area contributed by atoms with E-state index in [-0.39, 0.29) is 41.8 Å². The molecule has 0 bridgehead atoms. The first-order valence-electron chi connectivity index (χ1n) is 9.66. The van der Waals surface area contributed by atoms with E-state index in [0.717, 1.165) is 43.9 Å². The summed E-state index contributed by atoms with van der Waals surface area (Å²) in [6.07, 6.45) is 4.59. The third-order valence-corrected chi connectivity index (χ3v) is 5.34. The quantitative estimate of drug-likeness (QED) is 0.621. The first-order chi connectivity index (χ1) is 13.8. The molecule has 162 valence electrons. The third kappa shape index (κ3) is 7.60. The third-order valence-electron chi connectivity index (χ3n) is 4.49. The molecule has 1 N–H and O–H groups in total. The number of nitrogens with one attached hydrogen (secondary N) is 1. The summed E-state index contributed by atoms with van der Waals surface area (Å²) in [4.78, 5) is 47.6. The fraction of sp³-hybridized carbons (Fsp3) is 0.684. The normalized spacial score (nSPS) is 15.7. The lowest BCUT2D eigenvalue weighted by Gasteiger charge is -2.25. The number of carbonyl (C=O) groups is 3. The number of aryl methyl sites for hydroxylation is 1. The molecule has 9 nitrogen and oxygen atoms in total. The van der Waals surface area contributed by atoms with Gasteiger partial charge in [0.2, 0.25) is 5.91 Å². The van der Waals surface area contributed by atoms with Crippen molar-refractivity contribution in [2.75, 3.05) is 5.75 Å². The predicted octanol–water partition coefficient (Wildman–Crippen LogP) is 2.93. The lowest BCUT2D eigenvalue weighted by atomic mass is 9.98. The highest BCUT2D eigenvalue weighted by Gasteiger charge is 2.28. The molecule has 1 fully saturated rings. The van der Waals surface area contributed by atoms with E-state index in [1.807, 2.05) is 0 Å². The Balaban J connectivity index is 1.88. The molecule has 0 spiro atoms. The zero-order chi connectivity index (χ0) is 21.4. The molecule has 1 atom stereocenters. The number of esters is 1. The van der Waals surface area contributed by atoms with Gasteiger partial charge in [0.1, 0.15) is 12.1 Å². The fourth-order valence-electron chi connectivity index (χ4n) is 2.76. The Morgan fingerprint density at radius 2 is 1.86 bits per heavy atom. The average molecular weight is 429 g/mol. The number of ether oxygens (including phenoxy) is 2. The van der Waals surface area contributed by atoms with Crippen molar-refractivity contribution in [3.05, 3.63) is 22.1 Å². The SMILES string of the molecule is Cc1oc(=O)oc1COC(=O)SC[C@H](NC(=O)C(C)C)C(=O)OC1CCCCC1. The van der Waals surface area contributed by atoms with Crippen LogP contribution in [0.2, 0.25) is 0 Å². The summed E-state index contributed by atoms with van der Waals surface area (Å²) in [5, 5.41) is 1.95. The molecule has 1 saturated carbocycles. The van der Waals surface area contributed by atoms with E-state index in [9.17, 15) is 19.2 Å². The van der Waals surface area contributed by atoms with Crippen molar-refractivity contribution >= 4 is 28.9 Å². The molecule has 0 unspecified atom stereocenters. The van der Waals surface area contributed by atoms with E-state index in [1.165, 1.54) is 6.92 Å². The highest BCUT2D eigenvalue weighted by Crippen LogP contribution is 2.21. The van der Waals surface area contributed by atoms with Crippen LogP contribution in [-0.2, 0) is 25.7 Å². The lowest BCUT2D eigenvalue weighted by molar-refractivity contribution is -0.153. The van der Waals surface area contributed by atoms with E-state index in [4.69, 9.17) is 13.9 Å². The van der Waals surface area contributed by atoms with Crippen LogP contribution in [0.25, 0.3) is 0 Å². The Bertz CT molecular complexity index is 763. The van der Waals surface area contributed by atoms with Crippen LogP contribution in [-0.4, -0.2) is 35.1 Å². The van der Waals surface area contributed by atoms with Gasteiger partial charge >= 0.3 is 17.1 Å². The van der Waals surface area contributed by atoms with Gasteiger partial charge in [-0.05, 0) is 44.4 Å². The second-order valence-corrected chi connectivity index (χ2v) is 8.15. The Morgan fingerprint density at radius 1 is 1.17 bits per heavy atom. The zero-order valence-electron chi connectivity index (χ0n) is 16.9. The molecule has 10 heteroatoms. The monoisotopic (exact) mass is 429 g/mol. The maximum atomic E-state index is 12.5. The number of hydrogen-bond donors (Lipinski definition) is 1. The lowest BCUT2D eigenvalue weighted by Crippen LogP contribution is -2.46. The van der Waals surface area contributed by atoms with Crippen molar-refractivity contribution < 1.29 is 32.7 Å². The predicted molar refractivity (Wildman–Crippen MR) is 104 cm³/mol. The summed E-state index contributed by atoms with van der Waals surface area (Å²) in [7, 11) is 0. The Kier molecular flexibility index (Phi) is 8.81. The van der Waals surface area contributed by atoms with E-state index in [1.54, 1.807) is 13.8 Å². The number of rotatable bonds is 8. The van der Waals surface area contributed by atoms with Crippen molar-refractivity contribution in [1.29, 1.82) is 0 Å². The minimum atomic E-state index is -0.960. The first kappa shape index (κ1) is 23.1. The van der Waals surface area contributed by atoms with Crippen LogP contribution in [0, 0.1) is 12.8 Å². The van der Waals surface area contributed by atoms with Gasteiger partial charge in [0.05, 0.1) is 0 Å². The summed E-state index contributed by atoms with van der Waals surface area (Å²) < 4.78 is 20.0. The van der Waals surface area contributed by atoms with Crippen LogP contribution in [0.5, 0.6) is 0 Å². The molecule has 0 aromatic carbocycles. The topological polar surface area (TPSA) is 125 Å². The number of amides is 1. The molecule has 0 aliphatic heterocycles. The van der Waals surface area contributed by atoms with Gasteiger partial charge in [-0.15, -0.1) is 0 Å². The number of thioether (sulfide) groups is 1. The molecule has 1 aromatic rings. The largest absolute Gasteiger partial charge is 0.519 e. The van der Waals surface area contributed by atoms with Crippen LogP contribution < -0.4 is 11.1 Å². The van der Waals surface area contributed by atoms with Gasteiger partial charge in [0.15, 0.2) is 18.1 Å². The van der Waals surface area contributed by atoms with Gasteiger partial charge in [-0.3, -0.25) is 4.79 Å². The second-order valence-electron chi connectivity index (χ2n) is 7.20. The van der Waals surface area contributed by atoms with Crippen LogP contribution in [0.4, 0.5) is 4.79 Å². The minimum Gasteiger partial charge on any atom is -0.461 e. The van der Waals surface area contributed by atoms with Crippen LogP contribution in [0.15, 0.2) is 13.6 Å². The number of carbonyl (C=O) groups excluding carboxylic acids is 3. The summed E-state index contributed by atoms with van der Waals surface area (Å²) in [5.74, 6) is -1.73. The molecule has 1 amide bonds. The van der Waals surface area contributed by atoms with Gasteiger partial charge in [0, 0.05) is 11.7 Å². The molecular weight excluding hydrogens is 402 g/mol. The zero-order valence-corrected chi connectivity index (χ0v) is 17.7. The summed E-state index contributed by atoms with van der Waals surface area (Å²) in [6.45, 7) is 4.67. The minimum absolute atomic E-state index is 0.0306. The van der Waals surface area contributed by atoms with Gasteiger partial charge in [-0.1, -0.05) is 20.3 Å². The number of hydrogen-bond acceptors (Lipinski definition) is 9. The summed E-state index contributed by atoms with van der Waals surface area (Å²) in [5.41, 5.74) is 0. The highest BCUT2D eigenvalue weighted by molar-refractivity contribution is 8.13. The molecule has 0 radical (unpaired) electrons. The second kappa shape index (κ2) is 11.1. The van der Waals surface area contributed by atoms with Crippen molar-refractivity contribution in [3.8, 4) is 0 Å². The fourth-order valence-corrected chi connectivity index (χ4v) is 3.42. The molecule has 1 heterocycles. The van der Waals surface area contributed by atoms with Gasteiger partial charge in [-0.25, -0.2) is 14.4 Å². The van der Waals surface area contributed by atoms with Crippen molar-refractivity contribution in [3.63, 3.8) is 0 Å². The van der Waals surface area contributed by atoms with E-state index < -0.39 is 23.1 Å². The van der Waals surface area contributed by atoms with Crippen LogP contribution in [0.1, 0.15) is 57.5 Å². The molecule has 29 heavy (non-hydrogen) atoms. The molecule has 2 rings (SSSR count). The maximum absolute atomic E-state index is 12.5. The molecule has 0 saturated heterocycles. The highest BCUT2D eigenvalue weighted by atomic mass is 32.2. The maximum Gasteiger partial charge on any atom is 0.519 e. The summed E-state index contributed by atoms with van der Waals surface area (Å²) >= 11 is 0.733. The average Bonchev–Trinajstić information content (AvgIpc) is 3.00. The van der Waals surface area contributed by atoms with Crippen LogP contribution >= 0.6 is 11.8 Å². The van der Waals surface area contributed by atoms with Crippen molar-refractivity contribution in [2.24, 2.45) is 5.92 Å². The van der Waals surface area contributed by atoms with E-state index >= 15 is 0 Å². The Hall–Kier alpha value is -2.23. The molecule has 1 aromatic heterocycles. The Morgan fingerprint density at radius 3 is 2.45 bits per heavy atom. The van der Waals surface area contributed by atoms with E-state index in [2.05, 4.69) is 9.73 Å². The Labute approximate surface area is 172 Å². The molecular formula is C19H27NO8S. The molecule has 1 aliphatic rings. The standard InChI is InChI=1S/C19H27NO8S/c1-11(2)16(21)20-14(17(22)27-13-7-5-4-6-8-13)10-29-19(24)25-9-15-12(3)26-18(23)28-15/h11,13-14H,4-10H2,1-3H3,(H,20,21)/t14-/m0/s1. The van der Waals surface area contributed by atoms with Gasteiger partial charge in [0.25, 0.3) is 0 Å². The van der Waals surface area contributed by atoms with Crippen molar-refractivity contribution in [2.45, 2.75) is 71.6 Å². The first-order valence-corrected chi connectivity index (χ1v) is 10.6. The van der Waals surface area contributed by atoms with E-state index in [0.29, 0.717) is 0 Å². The van der Waals surface area contributed by atoms with Gasteiger partial charge < -0.3 is 23.6 Å². The smallest absolute Gasteiger partial charge is 0.461 e. The van der Waals surface area contributed by atoms with Crippen LogP contribution in [0.3, 0.4) is 0 Å². The molecule has 1 aliphatic carbocycles. The van der Waals surface area contributed by atoms with Gasteiger partial charge in [-0.2, -0.15) is 0 Å².